The molecular formula is C16H15NO. The molecule has 18 heavy (non-hydrogen) atoms. The number of fused-ring (bicyclic) bond motifs is 1. The quantitative estimate of drug-likeness (QED) is 0.749. The van der Waals surface area contributed by atoms with Crippen molar-refractivity contribution < 1.29 is 4.74 Å². The molecule has 3 rings (SSSR count). The van der Waals surface area contributed by atoms with Crippen LogP contribution in [-0.4, -0.2) is 10.6 Å². The van der Waals surface area contributed by atoms with Gasteiger partial charge in [-0.3, -0.25) is 4.98 Å². The molecule has 2 heterocycles. The Morgan fingerprint density at radius 2 is 1.78 bits per heavy atom. The Bertz CT molecular complexity index is 600. The fourth-order valence-electron chi connectivity index (χ4n) is 2.09. The van der Waals surface area contributed by atoms with Crippen molar-refractivity contribution in [2.45, 2.75) is 19.4 Å². The topological polar surface area (TPSA) is 22.1 Å². The van der Waals surface area contributed by atoms with E-state index < -0.39 is 0 Å². The smallest absolute Gasteiger partial charge is 0.128 e. The maximum Gasteiger partial charge on any atom is 0.128 e. The molecule has 0 fully saturated rings. The summed E-state index contributed by atoms with van der Waals surface area (Å²) in [5.74, 6) is 0.941. The van der Waals surface area contributed by atoms with Crippen molar-refractivity contribution in [3.05, 3.63) is 54.4 Å². The molecule has 0 atom stereocenters. The van der Waals surface area contributed by atoms with Crippen molar-refractivity contribution in [2.75, 3.05) is 0 Å². The average molecular weight is 237 g/mol. The molecule has 0 bridgehead atoms. The fourth-order valence-corrected chi connectivity index (χ4v) is 2.09. The maximum absolute atomic E-state index is 5.98. The molecule has 0 amide bonds. The van der Waals surface area contributed by atoms with Gasteiger partial charge in [-0.1, -0.05) is 18.2 Å². The fraction of sp³-hybridized carbons (Fsp3) is 0.188. The normalized spacial score (nSPS) is 15.9. The first kappa shape index (κ1) is 11.0. The van der Waals surface area contributed by atoms with Gasteiger partial charge in [0, 0.05) is 18.0 Å². The zero-order valence-electron chi connectivity index (χ0n) is 10.6. The second kappa shape index (κ2) is 3.98. The molecule has 1 aromatic heterocycles. The van der Waals surface area contributed by atoms with Crippen LogP contribution in [0.1, 0.15) is 19.4 Å². The number of benzene rings is 1. The van der Waals surface area contributed by atoms with Gasteiger partial charge in [-0.15, -0.1) is 0 Å². The van der Waals surface area contributed by atoms with Gasteiger partial charge in [-0.05, 0) is 49.2 Å². The molecule has 0 unspecified atom stereocenters. The summed E-state index contributed by atoms with van der Waals surface area (Å²) in [5, 5.41) is 0. The molecule has 1 aliphatic rings. The van der Waals surface area contributed by atoms with E-state index in [1.807, 2.05) is 12.1 Å². The summed E-state index contributed by atoms with van der Waals surface area (Å²) in [6.45, 7) is 4.12. The second-order valence-corrected chi connectivity index (χ2v) is 5.03. The van der Waals surface area contributed by atoms with Gasteiger partial charge >= 0.3 is 0 Å². The molecule has 90 valence electrons. The number of hydrogen-bond acceptors (Lipinski definition) is 2. The van der Waals surface area contributed by atoms with Gasteiger partial charge in [-0.25, -0.2) is 0 Å². The van der Waals surface area contributed by atoms with Crippen LogP contribution in [0, 0.1) is 0 Å². The lowest BCUT2D eigenvalue weighted by Crippen LogP contribution is -2.27. The molecule has 0 spiro atoms. The van der Waals surface area contributed by atoms with Crippen LogP contribution in [0.4, 0.5) is 0 Å². The van der Waals surface area contributed by atoms with Crippen LogP contribution < -0.4 is 4.74 Å². The van der Waals surface area contributed by atoms with E-state index in [0.717, 1.165) is 22.4 Å². The standard InChI is InChI=1S/C16H15NO/c1-16(2)8-5-13-3-4-14(11-15(13)18-16)12-6-9-17-10-7-12/h3-11H,1-2H3. The first-order valence-electron chi connectivity index (χ1n) is 6.07. The highest BCUT2D eigenvalue weighted by molar-refractivity contribution is 5.70. The van der Waals surface area contributed by atoms with Crippen molar-refractivity contribution in [3.8, 4) is 16.9 Å². The van der Waals surface area contributed by atoms with Gasteiger partial charge in [0.1, 0.15) is 11.4 Å². The third-order valence-corrected chi connectivity index (χ3v) is 3.06. The zero-order chi connectivity index (χ0) is 12.6. The number of hydrogen-bond donors (Lipinski definition) is 0. The van der Waals surface area contributed by atoms with Gasteiger partial charge in [0.25, 0.3) is 0 Å². The maximum atomic E-state index is 5.98. The summed E-state index contributed by atoms with van der Waals surface area (Å²) >= 11 is 0. The summed E-state index contributed by atoms with van der Waals surface area (Å²) in [6, 6.07) is 10.3. The first-order chi connectivity index (χ1) is 8.64. The van der Waals surface area contributed by atoms with Crippen molar-refractivity contribution in [1.82, 2.24) is 4.98 Å². The second-order valence-electron chi connectivity index (χ2n) is 5.03. The molecule has 1 aliphatic heterocycles. The summed E-state index contributed by atoms with van der Waals surface area (Å²) in [4.78, 5) is 4.04. The number of pyridine rings is 1. The summed E-state index contributed by atoms with van der Waals surface area (Å²) in [7, 11) is 0. The van der Waals surface area contributed by atoms with Gasteiger partial charge in [-0.2, -0.15) is 0 Å². The third kappa shape index (κ3) is 2.02. The van der Waals surface area contributed by atoms with Crippen LogP contribution >= 0.6 is 0 Å². The van der Waals surface area contributed by atoms with Crippen molar-refractivity contribution in [3.63, 3.8) is 0 Å². The Hall–Kier alpha value is -2.09. The Morgan fingerprint density at radius 3 is 2.56 bits per heavy atom. The number of ether oxygens (including phenoxy) is 1. The Morgan fingerprint density at radius 1 is 1.00 bits per heavy atom. The number of rotatable bonds is 1. The van der Waals surface area contributed by atoms with Crippen molar-refractivity contribution in [2.24, 2.45) is 0 Å². The lowest BCUT2D eigenvalue weighted by Gasteiger charge is -2.28. The van der Waals surface area contributed by atoms with Crippen LogP contribution in [0.2, 0.25) is 0 Å². The van der Waals surface area contributed by atoms with E-state index in [9.17, 15) is 0 Å². The van der Waals surface area contributed by atoms with Crippen LogP contribution in [0.3, 0.4) is 0 Å². The monoisotopic (exact) mass is 237 g/mol. The number of nitrogens with zero attached hydrogens (tertiary/aromatic N) is 1. The van der Waals surface area contributed by atoms with Crippen LogP contribution in [-0.2, 0) is 0 Å². The Labute approximate surface area is 107 Å². The van der Waals surface area contributed by atoms with E-state index in [1.165, 1.54) is 0 Å². The Kier molecular flexibility index (Phi) is 2.44. The zero-order valence-corrected chi connectivity index (χ0v) is 10.6. The largest absolute Gasteiger partial charge is 0.483 e. The predicted molar refractivity (Wildman–Crippen MR) is 73.4 cm³/mol. The molecule has 0 saturated carbocycles. The van der Waals surface area contributed by atoms with E-state index in [2.05, 4.69) is 49.2 Å². The molecule has 1 aromatic carbocycles. The average Bonchev–Trinajstić information content (AvgIpc) is 2.38. The molecule has 0 aliphatic carbocycles. The van der Waals surface area contributed by atoms with Gasteiger partial charge < -0.3 is 4.74 Å². The van der Waals surface area contributed by atoms with Gasteiger partial charge in [0.05, 0.1) is 0 Å². The molecular weight excluding hydrogens is 222 g/mol. The SMILES string of the molecule is CC1(C)C=Cc2ccc(-c3ccncc3)cc2O1. The molecule has 0 N–H and O–H groups in total. The van der Waals surface area contributed by atoms with Crippen LogP contribution in [0.5, 0.6) is 5.75 Å². The van der Waals surface area contributed by atoms with E-state index >= 15 is 0 Å². The molecule has 0 saturated heterocycles. The summed E-state index contributed by atoms with van der Waals surface area (Å²) < 4.78 is 5.98. The minimum absolute atomic E-state index is 0.232. The van der Waals surface area contributed by atoms with E-state index in [-0.39, 0.29) is 5.60 Å². The first-order valence-corrected chi connectivity index (χ1v) is 6.07. The van der Waals surface area contributed by atoms with E-state index in [0.29, 0.717) is 0 Å². The van der Waals surface area contributed by atoms with Gasteiger partial charge in [0.2, 0.25) is 0 Å². The minimum Gasteiger partial charge on any atom is -0.483 e. The minimum atomic E-state index is -0.232. The summed E-state index contributed by atoms with van der Waals surface area (Å²) in [5.41, 5.74) is 3.21. The summed E-state index contributed by atoms with van der Waals surface area (Å²) in [6.07, 6.45) is 7.82. The van der Waals surface area contributed by atoms with Crippen molar-refractivity contribution >= 4 is 6.08 Å². The third-order valence-electron chi connectivity index (χ3n) is 3.06. The highest BCUT2D eigenvalue weighted by atomic mass is 16.5. The molecule has 0 radical (unpaired) electrons. The predicted octanol–water partition coefficient (Wildman–Crippen LogP) is 3.93. The lowest BCUT2D eigenvalue weighted by molar-refractivity contribution is 0.159. The van der Waals surface area contributed by atoms with E-state index in [4.69, 9.17) is 4.74 Å². The Balaban J connectivity index is 2.05. The lowest BCUT2D eigenvalue weighted by atomic mass is 9.99. The molecule has 2 heteroatoms. The van der Waals surface area contributed by atoms with Crippen LogP contribution in [0.15, 0.2) is 48.8 Å². The highest BCUT2D eigenvalue weighted by Gasteiger charge is 2.21. The highest BCUT2D eigenvalue weighted by Crippen LogP contribution is 2.34. The number of aromatic nitrogens is 1. The van der Waals surface area contributed by atoms with Crippen LogP contribution in [0.25, 0.3) is 17.2 Å². The van der Waals surface area contributed by atoms with Crippen molar-refractivity contribution in [1.29, 1.82) is 0 Å². The molecule has 2 nitrogen and oxygen atoms in total. The van der Waals surface area contributed by atoms with Gasteiger partial charge in [0.15, 0.2) is 0 Å². The van der Waals surface area contributed by atoms with E-state index in [1.54, 1.807) is 12.4 Å². The molecule has 2 aromatic rings.